The molecule has 2 amide bonds. The van der Waals surface area contributed by atoms with Gasteiger partial charge >= 0.3 is 6.09 Å². The smallest absolute Gasteiger partial charge is 0.414 e. The van der Waals surface area contributed by atoms with E-state index in [1.54, 1.807) is 4.90 Å². The second-order valence-electron chi connectivity index (χ2n) is 7.28. The monoisotopic (exact) mass is 340 g/mol. The van der Waals surface area contributed by atoms with Gasteiger partial charge in [-0.05, 0) is 62.1 Å². The average molecular weight is 340 g/mol. The Morgan fingerprint density at radius 1 is 1.28 bits per heavy atom. The average Bonchev–Trinajstić information content (AvgIpc) is 3.52. The van der Waals surface area contributed by atoms with Crippen LogP contribution in [0.5, 0.6) is 0 Å². The lowest BCUT2D eigenvalue weighted by Crippen LogP contribution is -2.26. The third-order valence-electron chi connectivity index (χ3n) is 5.20. The lowest BCUT2D eigenvalue weighted by molar-refractivity contribution is -0.117. The topological polar surface area (TPSA) is 58.6 Å². The quantitative estimate of drug-likeness (QED) is 0.806. The molecule has 1 aromatic rings. The first-order valence-corrected chi connectivity index (χ1v) is 9.18. The maximum atomic E-state index is 12.4. The molecule has 1 saturated heterocycles. The van der Waals surface area contributed by atoms with Crippen molar-refractivity contribution in [3.8, 4) is 0 Å². The van der Waals surface area contributed by atoms with Crippen LogP contribution in [-0.4, -0.2) is 25.2 Å². The first-order chi connectivity index (χ1) is 12.1. The van der Waals surface area contributed by atoms with Crippen molar-refractivity contribution in [1.82, 2.24) is 5.32 Å². The van der Waals surface area contributed by atoms with Crippen LogP contribution in [0.1, 0.15) is 44.2 Å². The molecule has 5 heteroatoms. The fourth-order valence-electron chi connectivity index (χ4n) is 3.48. The lowest BCUT2D eigenvalue weighted by atomic mass is 10.0. The molecule has 5 nitrogen and oxygen atoms in total. The van der Waals surface area contributed by atoms with Crippen molar-refractivity contribution in [2.45, 2.75) is 38.6 Å². The van der Waals surface area contributed by atoms with E-state index in [1.807, 2.05) is 37.3 Å². The van der Waals surface area contributed by atoms with Gasteiger partial charge in [-0.15, -0.1) is 0 Å². The molecule has 1 atom stereocenters. The molecule has 25 heavy (non-hydrogen) atoms. The number of ether oxygens (including phenoxy) is 1. The van der Waals surface area contributed by atoms with Crippen LogP contribution < -0.4 is 10.2 Å². The van der Waals surface area contributed by atoms with Gasteiger partial charge in [-0.25, -0.2) is 4.79 Å². The predicted octanol–water partition coefficient (Wildman–Crippen LogP) is 3.57. The Labute approximate surface area is 148 Å². The van der Waals surface area contributed by atoms with Gasteiger partial charge in [0.15, 0.2) is 0 Å². The summed E-state index contributed by atoms with van der Waals surface area (Å²) in [5.41, 5.74) is 3.16. The van der Waals surface area contributed by atoms with Gasteiger partial charge < -0.3 is 10.1 Å². The molecule has 1 heterocycles. The van der Waals surface area contributed by atoms with Crippen LogP contribution in [0.15, 0.2) is 35.9 Å². The molecule has 0 aromatic heterocycles. The summed E-state index contributed by atoms with van der Waals surface area (Å²) in [4.78, 5) is 25.8. The zero-order chi connectivity index (χ0) is 17.4. The molecule has 3 aliphatic rings. The van der Waals surface area contributed by atoms with Gasteiger partial charge in [0, 0.05) is 11.8 Å². The summed E-state index contributed by atoms with van der Waals surface area (Å²) >= 11 is 0. The van der Waals surface area contributed by atoms with Gasteiger partial charge in [-0.2, -0.15) is 0 Å². The standard InChI is InChI=1S/C20H24N2O3/c1-13(21-19(23)12-18(14-5-6-14)15-7-8-15)16-3-2-4-17(11-16)22-9-10-25-20(22)24/h2-4,11-15H,5-10H2,1H3,(H,21,23)/t13-/m0/s1. The van der Waals surface area contributed by atoms with Crippen LogP contribution >= 0.6 is 0 Å². The fraction of sp³-hybridized carbons (Fsp3) is 0.500. The van der Waals surface area contributed by atoms with E-state index in [4.69, 9.17) is 4.74 Å². The highest BCUT2D eigenvalue weighted by atomic mass is 16.6. The number of hydrogen-bond acceptors (Lipinski definition) is 3. The van der Waals surface area contributed by atoms with E-state index < -0.39 is 0 Å². The van der Waals surface area contributed by atoms with Crippen LogP contribution in [0.4, 0.5) is 10.5 Å². The molecule has 1 aromatic carbocycles. The van der Waals surface area contributed by atoms with Gasteiger partial charge in [0.2, 0.25) is 5.91 Å². The minimum atomic E-state index is -0.310. The van der Waals surface area contributed by atoms with E-state index in [9.17, 15) is 9.59 Å². The van der Waals surface area contributed by atoms with Crippen LogP contribution in [0.3, 0.4) is 0 Å². The lowest BCUT2D eigenvalue weighted by Gasteiger charge is -2.18. The molecule has 0 unspecified atom stereocenters. The molecule has 2 aliphatic carbocycles. The van der Waals surface area contributed by atoms with Gasteiger partial charge in [0.05, 0.1) is 12.6 Å². The molecule has 0 spiro atoms. The SMILES string of the molecule is C[C@H](NC(=O)C=C(C1CC1)C1CC1)c1cccc(N2CCOC2=O)c1. The highest BCUT2D eigenvalue weighted by Crippen LogP contribution is 2.48. The van der Waals surface area contributed by atoms with E-state index in [2.05, 4.69) is 5.32 Å². The first kappa shape index (κ1) is 16.2. The molecular formula is C20H24N2O3. The second kappa shape index (κ2) is 6.54. The van der Waals surface area contributed by atoms with Crippen molar-refractivity contribution in [2.75, 3.05) is 18.1 Å². The Kier molecular flexibility index (Phi) is 4.24. The van der Waals surface area contributed by atoms with Crippen molar-refractivity contribution in [1.29, 1.82) is 0 Å². The van der Waals surface area contributed by atoms with Crippen LogP contribution in [0.25, 0.3) is 0 Å². The number of carbonyl (C=O) groups is 2. The fourth-order valence-corrected chi connectivity index (χ4v) is 3.48. The number of hydrogen-bond donors (Lipinski definition) is 1. The Balaban J connectivity index is 1.43. The third kappa shape index (κ3) is 3.70. The summed E-state index contributed by atoms with van der Waals surface area (Å²) in [5.74, 6) is 1.29. The molecule has 0 bridgehead atoms. The van der Waals surface area contributed by atoms with E-state index >= 15 is 0 Å². The minimum absolute atomic E-state index is 0.00714. The summed E-state index contributed by atoms with van der Waals surface area (Å²) in [6.45, 7) is 2.96. The van der Waals surface area contributed by atoms with E-state index in [0.717, 1.165) is 11.3 Å². The Hall–Kier alpha value is -2.30. The van der Waals surface area contributed by atoms with Crippen molar-refractivity contribution in [3.63, 3.8) is 0 Å². The molecular weight excluding hydrogens is 316 g/mol. The highest BCUT2D eigenvalue weighted by molar-refractivity contribution is 5.90. The largest absolute Gasteiger partial charge is 0.447 e. The summed E-state index contributed by atoms with van der Waals surface area (Å²) in [7, 11) is 0. The van der Waals surface area contributed by atoms with Crippen LogP contribution in [0, 0.1) is 11.8 Å². The van der Waals surface area contributed by atoms with Crippen LogP contribution in [0.2, 0.25) is 0 Å². The number of anilines is 1. The molecule has 3 fully saturated rings. The van der Waals surface area contributed by atoms with Gasteiger partial charge in [0.1, 0.15) is 6.61 Å². The summed E-state index contributed by atoms with van der Waals surface area (Å²) < 4.78 is 4.99. The number of benzene rings is 1. The van der Waals surface area contributed by atoms with Gasteiger partial charge in [-0.3, -0.25) is 9.69 Å². The minimum Gasteiger partial charge on any atom is -0.447 e. The summed E-state index contributed by atoms with van der Waals surface area (Å²) in [6.07, 6.45) is 6.47. The second-order valence-corrected chi connectivity index (χ2v) is 7.28. The number of rotatable bonds is 6. The molecule has 1 N–H and O–H groups in total. The molecule has 2 saturated carbocycles. The normalized spacial score (nSPS) is 20.8. The molecule has 0 radical (unpaired) electrons. The summed E-state index contributed by atoms with van der Waals surface area (Å²) in [6, 6.07) is 7.62. The number of allylic oxidation sites excluding steroid dienone is 1. The summed E-state index contributed by atoms with van der Waals surface area (Å²) in [5, 5.41) is 3.07. The third-order valence-corrected chi connectivity index (χ3v) is 5.20. The zero-order valence-corrected chi connectivity index (χ0v) is 14.5. The van der Waals surface area contributed by atoms with Gasteiger partial charge in [-0.1, -0.05) is 17.7 Å². The molecule has 1 aliphatic heterocycles. The van der Waals surface area contributed by atoms with Crippen molar-refractivity contribution in [3.05, 3.63) is 41.5 Å². The van der Waals surface area contributed by atoms with Crippen LogP contribution in [-0.2, 0) is 9.53 Å². The predicted molar refractivity (Wildman–Crippen MR) is 95.2 cm³/mol. The van der Waals surface area contributed by atoms with Crippen molar-refractivity contribution < 1.29 is 14.3 Å². The zero-order valence-electron chi connectivity index (χ0n) is 14.5. The molecule has 4 rings (SSSR count). The highest BCUT2D eigenvalue weighted by Gasteiger charge is 2.36. The Morgan fingerprint density at radius 3 is 2.60 bits per heavy atom. The number of cyclic esters (lactones) is 1. The Morgan fingerprint density at radius 2 is 2.00 bits per heavy atom. The maximum absolute atomic E-state index is 12.4. The van der Waals surface area contributed by atoms with E-state index in [1.165, 1.54) is 31.3 Å². The number of carbonyl (C=O) groups excluding carboxylic acids is 2. The van der Waals surface area contributed by atoms with Crippen molar-refractivity contribution >= 4 is 17.7 Å². The number of nitrogens with zero attached hydrogens (tertiary/aromatic N) is 1. The maximum Gasteiger partial charge on any atom is 0.414 e. The van der Waals surface area contributed by atoms with Crippen molar-refractivity contribution in [2.24, 2.45) is 11.8 Å². The van der Waals surface area contributed by atoms with E-state index in [0.29, 0.717) is 25.0 Å². The number of amides is 2. The first-order valence-electron chi connectivity index (χ1n) is 9.18. The Bertz CT molecular complexity index is 705. The molecule has 132 valence electrons. The number of nitrogens with one attached hydrogen (secondary N) is 1. The van der Waals surface area contributed by atoms with Gasteiger partial charge in [0.25, 0.3) is 0 Å². The van der Waals surface area contributed by atoms with E-state index in [-0.39, 0.29) is 18.0 Å².